The number of benzene rings is 1. The molecule has 0 aliphatic heterocycles. The van der Waals surface area contributed by atoms with Crippen LogP contribution in [0.5, 0.6) is 0 Å². The van der Waals surface area contributed by atoms with E-state index in [-0.39, 0.29) is 6.10 Å². The zero-order valence-electron chi connectivity index (χ0n) is 7.34. The van der Waals surface area contributed by atoms with Gasteiger partial charge in [-0.3, -0.25) is 0 Å². The van der Waals surface area contributed by atoms with E-state index in [1.54, 1.807) is 0 Å². The van der Waals surface area contributed by atoms with Crippen molar-refractivity contribution in [2.45, 2.75) is 26.4 Å². The Hall–Kier alpha value is -0.340. The molecule has 0 spiro atoms. The lowest BCUT2D eigenvalue weighted by Gasteiger charge is -2.09. The summed E-state index contributed by atoms with van der Waals surface area (Å²) >= 11 is 3.42. The van der Waals surface area contributed by atoms with Crippen LogP contribution in [0, 0.1) is 6.92 Å². The summed E-state index contributed by atoms with van der Waals surface area (Å²) in [6, 6.07) is 5.94. The number of hydrogen-bond donors (Lipinski definition) is 1. The average Bonchev–Trinajstić information content (AvgIpc) is 2.08. The van der Waals surface area contributed by atoms with E-state index in [0.29, 0.717) is 0 Å². The highest BCUT2D eigenvalue weighted by Gasteiger charge is 2.05. The Balaban J connectivity index is 2.96. The van der Waals surface area contributed by atoms with E-state index < -0.39 is 0 Å². The van der Waals surface area contributed by atoms with Gasteiger partial charge in [-0.05, 0) is 30.5 Å². The van der Waals surface area contributed by atoms with Crippen molar-refractivity contribution in [2.24, 2.45) is 0 Å². The first-order chi connectivity index (χ1) is 5.65. The van der Waals surface area contributed by atoms with Crippen molar-refractivity contribution in [3.8, 4) is 0 Å². The summed E-state index contributed by atoms with van der Waals surface area (Å²) in [5.74, 6) is 0. The zero-order valence-corrected chi connectivity index (χ0v) is 8.93. The van der Waals surface area contributed by atoms with E-state index in [9.17, 15) is 5.11 Å². The van der Waals surface area contributed by atoms with Gasteiger partial charge in [0.2, 0.25) is 0 Å². The third kappa shape index (κ3) is 2.08. The fraction of sp³-hybridized carbons (Fsp3) is 0.400. The largest absolute Gasteiger partial charge is 0.388 e. The van der Waals surface area contributed by atoms with Crippen LogP contribution in [0.1, 0.15) is 30.6 Å². The molecule has 0 amide bonds. The fourth-order valence-corrected chi connectivity index (χ4v) is 1.36. The van der Waals surface area contributed by atoms with Gasteiger partial charge in [0.1, 0.15) is 0 Å². The maximum absolute atomic E-state index is 9.53. The first-order valence-electron chi connectivity index (χ1n) is 4.09. The Kier molecular flexibility index (Phi) is 3.29. The van der Waals surface area contributed by atoms with Crippen LogP contribution < -0.4 is 0 Å². The predicted molar refractivity (Wildman–Crippen MR) is 54.1 cm³/mol. The highest BCUT2D eigenvalue weighted by Crippen LogP contribution is 2.22. The summed E-state index contributed by atoms with van der Waals surface area (Å²) in [5.41, 5.74) is 2.17. The minimum absolute atomic E-state index is 0.322. The minimum Gasteiger partial charge on any atom is -0.388 e. The highest BCUT2D eigenvalue weighted by atomic mass is 79.9. The smallest absolute Gasteiger partial charge is 0.0787 e. The quantitative estimate of drug-likeness (QED) is 0.825. The van der Waals surface area contributed by atoms with E-state index in [1.165, 1.54) is 5.56 Å². The standard InChI is InChI=1S/C10H13BrO/c1-3-10(12)8-4-5-9(11)7(2)6-8/h4-6,10,12H,3H2,1-2H3. The second-order valence-electron chi connectivity index (χ2n) is 2.93. The third-order valence-electron chi connectivity index (χ3n) is 1.95. The molecule has 1 atom stereocenters. The molecular weight excluding hydrogens is 216 g/mol. The van der Waals surface area contributed by atoms with E-state index in [2.05, 4.69) is 15.9 Å². The van der Waals surface area contributed by atoms with Crippen LogP contribution in [0.4, 0.5) is 0 Å². The molecule has 0 bridgehead atoms. The molecule has 0 radical (unpaired) electrons. The van der Waals surface area contributed by atoms with Gasteiger partial charge in [-0.1, -0.05) is 35.0 Å². The van der Waals surface area contributed by atoms with Crippen molar-refractivity contribution < 1.29 is 5.11 Å². The molecule has 1 rings (SSSR count). The molecule has 1 aromatic rings. The van der Waals surface area contributed by atoms with Gasteiger partial charge in [-0.25, -0.2) is 0 Å². The second-order valence-corrected chi connectivity index (χ2v) is 3.79. The molecule has 0 saturated carbocycles. The molecule has 1 nitrogen and oxygen atoms in total. The van der Waals surface area contributed by atoms with Gasteiger partial charge in [0, 0.05) is 4.47 Å². The molecule has 0 aromatic heterocycles. The van der Waals surface area contributed by atoms with Crippen LogP contribution in [-0.2, 0) is 0 Å². The molecule has 12 heavy (non-hydrogen) atoms. The van der Waals surface area contributed by atoms with Crippen molar-refractivity contribution in [2.75, 3.05) is 0 Å². The van der Waals surface area contributed by atoms with E-state index >= 15 is 0 Å². The maximum Gasteiger partial charge on any atom is 0.0787 e. The Labute approximate surface area is 81.6 Å². The Morgan fingerprint density at radius 2 is 2.17 bits per heavy atom. The lowest BCUT2D eigenvalue weighted by molar-refractivity contribution is 0.173. The minimum atomic E-state index is -0.322. The molecule has 0 fully saturated rings. The molecule has 1 unspecified atom stereocenters. The average molecular weight is 229 g/mol. The molecule has 0 aliphatic carbocycles. The Morgan fingerprint density at radius 3 is 2.67 bits per heavy atom. The number of halogens is 1. The summed E-state index contributed by atoms with van der Waals surface area (Å²) in [6.45, 7) is 4.00. The lowest BCUT2D eigenvalue weighted by atomic mass is 10.1. The summed E-state index contributed by atoms with van der Waals surface area (Å²) in [7, 11) is 0. The first kappa shape index (κ1) is 9.75. The monoisotopic (exact) mass is 228 g/mol. The number of aliphatic hydroxyl groups is 1. The van der Waals surface area contributed by atoms with Gasteiger partial charge in [-0.2, -0.15) is 0 Å². The van der Waals surface area contributed by atoms with Gasteiger partial charge in [0.15, 0.2) is 0 Å². The highest BCUT2D eigenvalue weighted by molar-refractivity contribution is 9.10. The fourth-order valence-electron chi connectivity index (χ4n) is 1.11. The topological polar surface area (TPSA) is 20.2 Å². The third-order valence-corrected chi connectivity index (χ3v) is 2.84. The van der Waals surface area contributed by atoms with Crippen molar-refractivity contribution >= 4 is 15.9 Å². The van der Waals surface area contributed by atoms with Gasteiger partial charge in [0.05, 0.1) is 6.10 Å². The number of rotatable bonds is 2. The Bertz CT molecular complexity index is 271. The lowest BCUT2D eigenvalue weighted by Crippen LogP contribution is -1.95. The van der Waals surface area contributed by atoms with E-state index in [1.807, 2.05) is 32.0 Å². The molecule has 0 saturated heterocycles. The van der Waals surface area contributed by atoms with Gasteiger partial charge in [0.25, 0.3) is 0 Å². The molecule has 66 valence electrons. The summed E-state index contributed by atoms with van der Waals surface area (Å²) in [6.07, 6.45) is 0.443. The normalized spacial score (nSPS) is 13.0. The van der Waals surface area contributed by atoms with Crippen LogP contribution in [0.3, 0.4) is 0 Å². The summed E-state index contributed by atoms with van der Waals surface area (Å²) in [4.78, 5) is 0. The van der Waals surface area contributed by atoms with Crippen LogP contribution in [0.2, 0.25) is 0 Å². The van der Waals surface area contributed by atoms with Crippen LogP contribution >= 0.6 is 15.9 Å². The molecule has 2 heteroatoms. The predicted octanol–water partition coefficient (Wildman–Crippen LogP) is 3.20. The zero-order chi connectivity index (χ0) is 9.14. The SMILES string of the molecule is CCC(O)c1ccc(Br)c(C)c1. The number of aryl methyl sites for hydroxylation is 1. The number of aliphatic hydroxyl groups excluding tert-OH is 1. The first-order valence-corrected chi connectivity index (χ1v) is 4.88. The van der Waals surface area contributed by atoms with Crippen molar-refractivity contribution in [1.29, 1.82) is 0 Å². The molecule has 1 N–H and O–H groups in total. The maximum atomic E-state index is 9.53. The van der Waals surface area contributed by atoms with Crippen molar-refractivity contribution in [1.82, 2.24) is 0 Å². The molecule has 0 aliphatic rings. The molecule has 1 aromatic carbocycles. The Morgan fingerprint density at radius 1 is 1.50 bits per heavy atom. The van der Waals surface area contributed by atoms with Crippen molar-refractivity contribution in [3.63, 3.8) is 0 Å². The van der Waals surface area contributed by atoms with E-state index in [0.717, 1.165) is 16.5 Å². The van der Waals surface area contributed by atoms with Crippen molar-refractivity contribution in [3.05, 3.63) is 33.8 Å². The van der Waals surface area contributed by atoms with Gasteiger partial charge in [-0.15, -0.1) is 0 Å². The molecule has 0 heterocycles. The summed E-state index contributed by atoms with van der Waals surface area (Å²) < 4.78 is 1.09. The van der Waals surface area contributed by atoms with E-state index in [4.69, 9.17) is 0 Å². The van der Waals surface area contributed by atoms with Crippen LogP contribution in [-0.4, -0.2) is 5.11 Å². The van der Waals surface area contributed by atoms with Crippen LogP contribution in [0.15, 0.2) is 22.7 Å². The summed E-state index contributed by atoms with van der Waals surface area (Å²) in [5, 5.41) is 9.53. The second kappa shape index (κ2) is 4.06. The van der Waals surface area contributed by atoms with Gasteiger partial charge < -0.3 is 5.11 Å². The van der Waals surface area contributed by atoms with Gasteiger partial charge >= 0.3 is 0 Å². The van der Waals surface area contributed by atoms with Crippen LogP contribution in [0.25, 0.3) is 0 Å². The molecular formula is C10H13BrO. The number of hydrogen-bond acceptors (Lipinski definition) is 1.